The molecule has 1 saturated carbocycles. The van der Waals surface area contributed by atoms with Crippen LogP contribution in [0, 0.1) is 11.8 Å². The number of fused-ring (bicyclic) bond motifs is 1. The molecule has 0 amide bonds. The number of methoxy groups -OCH3 is 2. The summed E-state index contributed by atoms with van der Waals surface area (Å²) in [5, 5.41) is 4.45. The third-order valence-electron chi connectivity index (χ3n) is 8.48. The van der Waals surface area contributed by atoms with Gasteiger partial charge in [0.1, 0.15) is 11.2 Å². The summed E-state index contributed by atoms with van der Waals surface area (Å²) < 4.78 is 18.4. The molecule has 1 N–H and O–H groups in total. The van der Waals surface area contributed by atoms with E-state index in [1.807, 2.05) is 24.3 Å². The molecule has 6 rings (SSSR count). The van der Waals surface area contributed by atoms with Crippen LogP contribution >= 0.6 is 11.6 Å². The quantitative estimate of drug-likeness (QED) is 0.292. The lowest BCUT2D eigenvalue weighted by Crippen LogP contribution is -2.42. The van der Waals surface area contributed by atoms with Crippen molar-refractivity contribution in [3.8, 4) is 22.9 Å². The molecule has 3 aromatic heterocycles. The number of aromatic amines is 1. The summed E-state index contributed by atoms with van der Waals surface area (Å²) in [6.07, 6.45) is 6.71. The van der Waals surface area contributed by atoms with E-state index in [9.17, 15) is 4.79 Å². The Hall–Kier alpha value is -3.28. The molecule has 4 heterocycles. The molecule has 1 unspecified atom stereocenters. The normalized spacial score (nSPS) is 23.1. The number of H-pyrrole nitrogens is 1. The van der Waals surface area contributed by atoms with Gasteiger partial charge in [-0.2, -0.15) is 4.98 Å². The highest BCUT2D eigenvalue weighted by Gasteiger charge is 2.38. The van der Waals surface area contributed by atoms with E-state index in [-0.39, 0.29) is 23.7 Å². The number of imidazole rings is 1. The molecule has 0 bridgehead atoms. The van der Waals surface area contributed by atoms with Crippen LogP contribution in [-0.4, -0.2) is 69.2 Å². The molecule has 2 atom stereocenters. The van der Waals surface area contributed by atoms with Crippen LogP contribution in [0.3, 0.4) is 0 Å². The van der Waals surface area contributed by atoms with E-state index in [4.69, 9.17) is 40.5 Å². The molecule has 0 radical (unpaired) electrons. The van der Waals surface area contributed by atoms with Crippen LogP contribution in [0.5, 0.6) is 0 Å². The number of hydrogen-bond acceptors (Lipinski definition) is 9. The molecule has 0 spiro atoms. The second-order valence-electron chi connectivity index (χ2n) is 11.4. The molecule has 1 aliphatic heterocycles. The number of halogens is 1. The Bertz CT molecular complexity index is 1540. The number of nitrogens with zero attached hydrogens (tertiary/aromatic N) is 6. The van der Waals surface area contributed by atoms with Gasteiger partial charge in [0.2, 0.25) is 17.6 Å². The first kappa shape index (κ1) is 27.9. The standard InChI is InChI=1S/C29H36ClN7O4/c1-17-7-9-18(10-8-17)14-36-24-23(19-5-4-6-20(30)13-19)31-26(27-34-29(38)41-35-27)32-25(24)33-28(36)37-21(15-39-2)11-12-22(37)16-40-3/h4-6,13,17-18,21-22H,7-12,14-16H2,1-3H3,(H,34,35,38)/t17?,18?,21-,22?/m0/s1. The second kappa shape index (κ2) is 11.9. The van der Waals surface area contributed by atoms with Gasteiger partial charge < -0.3 is 18.9 Å². The predicted molar refractivity (Wildman–Crippen MR) is 156 cm³/mol. The fraction of sp³-hybridized carbons (Fsp3) is 0.552. The summed E-state index contributed by atoms with van der Waals surface area (Å²) in [6.45, 7) is 4.31. The smallest absolute Gasteiger partial charge is 0.383 e. The topological polar surface area (TPSA) is 124 Å². The molecule has 12 heteroatoms. The Balaban J connectivity index is 1.59. The third kappa shape index (κ3) is 5.62. The number of ether oxygens (including phenoxy) is 2. The molecule has 1 aromatic carbocycles. The highest BCUT2D eigenvalue weighted by atomic mass is 35.5. The van der Waals surface area contributed by atoms with Crippen LogP contribution in [0.15, 0.2) is 33.6 Å². The number of hydrogen-bond donors (Lipinski definition) is 1. The fourth-order valence-corrected chi connectivity index (χ4v) is 6.62. The lowest BCUT2D eigenvalue weighted by molar-refractivity contribution is 0.166. The lowest BCUT2D eigenvalue weighted by atomic mass is 9.83. The average Bonchev–Trinajstić information content (AvgIpc) is 3.67. The van der Waals surface area contributed by atoms with E-state index in [0.29, 0.717) is 35.5 Å². The van der Waals surface area contributed by atoms with Gasteiger partial charge in [0.05, 0.1) is 25.3 Å². The maximum atomic E-state index is 11.8. The SMILES string of the molecule is COCC1CC[C@@H](COC)N1c1nc2nc(-c3noc(=O)[nH]3)nc(-c3cccc(Cl)c3)c2n1CC1CCC(C)CC1. The van der Waals surface area contributed by atoms with Crippen molar-refractivity contribution in [1.29, 1.82) is 0 Å². The van der Waals surface area contributed by atoms with E-state index in [1.54, 1.807) is 14.2 Å². The van der Waals surface area contributed by atoms with Crippen molar-refractivity contribution < 1.29 is 14.0 Å². The summed E-state index contributed by atoms with van der Waals surface area (Å²) in [7, 11) is 3.48. The maximum Gasteiger partial charge on any atom is 0.439 e. The molecule has 1 saturated heterocycles. The van der Waals surface area contributed by atoms with Gasteiger partial charge in [-0.3, -0.25) is 9.51 Å². The molecular weight excluding hydrogens is 546 g/mol. The van der Waals surface area contributed by atoms with Crippen molar-refractivity contribution in [2.75, 3.05) is 32.3 Å². The summed E-state index contributed by atoms with van der Waals surface area (Å²) in [5.41, 5.74) is 2.84. The molecule has 11 nitrogen and oxygen atoms in total. The van der Waals surface area contributed by atoms with E-state index in [2.05, 4.69) is 26.5 Å². The zero-order valence-corrected chi connectivity index (χ0v) is 24.4. The minimum absolute atomic E-state index is 0.147. The molecular formula is C29H36ClN7O4. The Morgan fingerprint density at radius 1 is 1.02 bits per heavy atom. The zero-order chi connectivity index (χ0) is 28.5. The lowest BCUT2D eigenvalue weighted by Gasteiger charge is -2.33. The van der Waals surface area contributed by atoms with Crippen LogP contribution in [0.1, 0.15) is 45.4 Å². The highest BCUT2D eigenvalue weighted by Crippen LogP contribution is 2.39. The molecule has 4 aromatic rings. The van der Waals surface area contributed by atoms with E-state index in [1.165, 1.54) is 12.8 Å². The number of anilines is 1. The number of aromatic nitrogens is 6. The van der Waals surface area contributed by atoms with Crippen molar-refractivity contribution in [3.63, 3.8) is 0 Å². The minimum atomic E-state index is -0.673. The highest BCUT2D eigenvalue weighted by molar-refractivity contribution is 6.30. The zero-order valence-electron chi connectivity index (χ0n) is 23.7. The van der Waals surface area contributed by atoms with Gasteiger partial charge in [-0.15, -0.1) is 0 Å². The van der Waals surface area contributed by atoms with Crippen LogP contribution in [-0.2, 0) is 16.0 Å². The molecule has 2 aliphatic rings. The summed E-state index contributed by atoms with van der Waals surface area (Å²) in [5.74, 6) is 1.79. The van der Waals surface area contributed by atoms with Crippen molar-refractivity contribution >= 4 is 28.7 Å². The average molecular weight is 582 g/mol. The summed E-state index contributed by atoms with van der Waals surface area (Å²) >= 11 is 6.45. The Morgan fingerprint density at radius 2 is 1.76 bits per heavy atom. The van der Waals surface area contributed by atoms with Gasteiger partial charge in [0.15, 0.2) is 5.65 Å². The van der Waals surface area contributed by atoms with Crippen LogP contribution in [0.4, 0.5) is 5.95 Å². The summed E-state index contributed by atoms with van der Waals surface area (Å²) in [6, 6.07) is 7.89. The predicted octanol–water partition coefficient (Wildman–Crippen LogP) is 4.95. The monoisotopic (exact) mass is 581 g/mol. The number of rotatable bonds is 9. The van der Waals surface area contributed by atoms with Crippen molar-refractivity contribution in [1.82, 2.24) is 29.7 Å². The van der Waals surface area contributed by atoms with Gasteiger partial charge in [0.25, 0.3) is 0 Å². The first-order chi connectivity index (χ1) is 19.9. The van der Waals surface area contributed by atoms with Gasteiger partial charge in [-0.05, 0) is 49.7 Å². The van der Waals surface area contributed by atoms with Gasteiger partial charge in [0, 0.05) is 31.4 Å². The number of nitrogens with one attached hydrogen (secondary N) is 1. The van der Waals surface area contributed by atoms with Crippen LogP contribution in [0.2, 0.25) is 5.02 Å². The van der Waals surface area contributed by atoms with E-state index in [0.717, 1.165) is 55.2 Å². The molecule has 1 aliphatic carbocycles. The largest absolute Gasteiger partial charge is 0.439 e. The Morgan fingerprint density at radius 3 is 2.39 bits per heavy atom. The van der Waals surface area contributed by atoms with E-state index >= 15 is 0 Å². The molecule has 218 valence electrons. The summed E-state index contributed by atoms with van der Waals surface area (Å²) in [4.78, 5) is 31.6. The van der Waals surface area contributed by atoms with Crippen LogP contribution in [0.25, 0.3) is 34.1 Å². The van der Waals surface area contributed by atoms with Crippen LogP contribution < -0.4 is 10.7 Å². The molecule has 41 heavy (non-hydrogen) atoms. The fourth-order valence-electron chi connectivity index (χ4n) is 6.43. The van der Waals surface area contributed by atoms with Gasteiger partial charge >= 0.3 is 5.76 Å². The first-order valence-corrected chi connectivity index (χ1v) is 14.7. The van der Waals surface area contributed by atoms with Crippen molar-refractivity contribution in [2.24, 2.45) is 11.8 Å². The minimum Gasteiger partial charge on any atom is -0.383 e. The Labute approximate surface area is 243 Å². The van der Waals surface area contributed by atoms with Crippen molar-refractivity contribution in [2.45, 2.75) is 64.1 Å². The van der Waals surface area contributed by atoms with Crippen molar-refractivity contribution in [3.05, 3.63) is 39.8 Å². The van der Waals surface area contributed by atoms with E-state index < -0.39 is 5.76 Å². The maximum absolute atomic E-state index is 11.8. The number of benzene rings is 1. The first-order valence-electron chi connectivity index (χ1n) is 14.3. The van der Waals surface area contributed by atoms with Gasteiger partial charge in [-0.1, -0.05) is 48.7 Å². The third-order valence-corrected chi connectivity index (χ3v) is 8.71. The van der Waals surface area contributed by atoms with Gasteiger partial charge in [-0.25, -0.2) is 14.8 Å². The molecule has 2 fully saturated rings. The second-order valence-corrected chi connectivity index (χ2v) is 11.8. The Kier molecular flexibility index (Phi) is 8.10.